The zero-order valence-electron chi connectivity index (χ0n) is 11.1. The molecule has 9 nitrogen and oxygen atoms in total. The molecule has 0 spiro atoms. The molecule has 0 saturated carbocycles. The summed E-state index contributed by atoms with van der Waals surface area (Å²) in [4.78, 5) is 4.86. The minimum atomic E-state index is -3.68. The molecule has 0 aliphatic heterocycles. The number of aromatic nitrogens is 5. The van der Waals surface area contributed by atoms with Gasteiger partial charge >= 0.3 is 0 Å². The van der Waals surface area contributed by atoms with Gasteiger partial charge in [-0.3, -0.25) is 9.08 Å². The molecule has 2 N–H and O–H groups in total. The Morgan fingerprint density at radius 1 is 1.38 bits per heavy atom. The monoisotopic (exact) mass is 327 g/mol. The fourth-order valence-corrected chi connectivity index (χ4v) is 3.98. The summed E-state index contributed by atoms with van der Waals surface area (Å²) in [5, 5.41) is 12.1. The van der Waals surface area contributed by atoms with Gasteiger partial charge in [-0.1, -0.05) is 5.21 Å². The van der Waals surface area contributed by atoms with E-state index in [4.69, 9.17) is 0 Å². The van der Waals surface area contributed by atoms with Crippen molar-refractivity contribution < 1.29 is 8.42 Å². The third kappa shape index (κ3) is 2.62. The quantitative estimate of drug-likeness (QED) is 0.660. The molecule has 11 heteroatoms. The average molecular weight is 327 g/mol. The number of nitrogens with one attached hydrogen (secondary N) is 2. The first-order chi connectivity index (χ1) is 10.1. The second-order valence-corrected chi connectivity index (χ2v) is 6.69. The number of sulfonamides is 1. The summed E-state index contributed by atoms with van der Waals surface area (Å²) in [6.45, 7) is 0.617. The molecule has 21 heavy (non-hydrogen) atoms. The lowest BCUT2D eigenvalue weighted by molar-refractivity contribution is 0.550. The van der Waals surface area contributed by atoms with Crippen molar-refractivity contribution in [1.29, 1.82) is 0 Å². The van der Waals surface area contributed by atoms with Gasteiger partial charge in [0.1, 0.15) is 0 Å². The Kier molecular flexibility index (Phi) is 3.61. The Hall–Kier alpha value is -1.98. The van der Waals surface area contributed by atoms with Crippen LogP contribution in [0.1, 0.15) is 0 Å². The van der Waals surface area contributed by atoms with Crippen LogP contribution >= 0.6 is 11.3 Å². The maximum absolute atomic E-state index is 12.5. The van der Waals surface area contributed by atoms with Gasteiger partial charge in [0.05, 0.1) is 12.7 Å². The summed E-state index contributed by atoms with van der Waals surface area (Å²) in [5.74, 6) is 0.329. The molecule has 3 aromatic rings. The van der Waals surface area contributed by atoms with Gasteiger partial charge in [-0.2, -0.15) is 0 Å². The first kappa shape index (κ1) is 14.0. The number of fused-ring (bicyclic) bond motifs is 1. The summed E-state index contributed by atoms with van der Waals surface area (Å²) in [7, 11) is -2.04. The van der Waals surface area contributed by atoms with Crippen molar-refractivity contribution in [1.82, 2.24) is 29.1 Å². The third-order valence-electron chi connectivity index (χ3n) is 2.81. The molecule has 112 valence electrons. The van der Waals surface area contributed by atoms with Crippen LogP contribution in [0.3, 0.4) is 0 Å². The predicted octanol–water partition coefficient (Wildman–Crippen LogP) is 0.00750. The van der Waals surface area contributed by atoms with E-state index in [9.17, 15) is 8.42 Å². The number of thiazole rings is 1. The molecule has 3 rings (SSSR count). The molecule has 0 unspecified atom stereocenters. The fraction of sp³-hybridized carbons (Fsp3) is 0.300. The second-order valence-electron chi connectivity index (χ2n) is 4.14. The Labute approximate surface area is 124 Å². The Morgan fingerprint density at radius 3 is 2.95 bits per heavy atom. The summed E-state index contributed by atoms with van der Waals surface area (Å²) >= 11 is 1.37. The molecule has 3 heterocycles. The van der Waals surface area contributed by atoms with Crippen LogP contribution < -0.4 is 10.0 Å². The number of hydrogen-bond donors (Lipinski definition) is 2. The largest absolute Gasteiger partial charge is 0.371 e. The maximum Gasteiger partial charge on any atom is 0.260 e. The number of anilines is 1. The second kappa shape index (κ2) is 5.42. The van der Waals surface area contributed by atoms with Crippen molar-refractivity contribution in [2.45, 2.75) is 11.6 Å². The molecule has 0 bridgehead atoms. The minimum absolute atomic E-state index is 0.111. The Morgan fingerprint density at radius 2 is 2.24 bits per heavy atom. The van der Waals surface area contributed by atoms with Gasteiger partial charge < -0.3 is 5.32 Å². The van der Waals surface area contributed by atoms with E-state index >= 15 is 0 Å². The molecule has 0 aliphatic rings. The lowest BCUT2D eigenvalue weighted by Gasteiger charge is -2.07. The van der Waals surface area contributed by atoms with Gasteiger partial charge in [0, 0.05) is 31.4 Å². The van der Waals surface area contributed by atoms with Gasteiger partial charge in [0.15, 0.2) is 15.8 Å². The van der Waals surface area contributed by atoms with Crippen LogP contribution in [-0.4, -0.2) is 46.4 Å². The van der Waals surface area contributed by atoms with Crippen molar-refractivity contribution >= 4 is 32.1 Å². The van der Waals surface area contributed by atoms with E-state index in [1.165, 1.54) is 11.3 Å². The van der Waals surface area contributed by atoms with Gasteiger partial charge in [0.2, 0.25) is 0 Å². The van der Waals surface area contributed by atoms with Gasteiger partial charge in [0.25, 0.3) is 10.0 Å². The number of imidazole rings is 1. The van der Waals surface area contributed by atoms with Crippen molar-refractivity contribution in [2.75, 3.05) is 18.9 Å². The van der Waals surface area contributed by atoms with E-state index in [-0.39, 0.29) is 11.6 Å². The smallest absolute Gasteiger partial charge is 0.260 e. The molecular weight excluding hydrogens is 314 g/mol. The lowest BCUT2D eigenvalue weighted by atomic mass is 10.6. The first-order valence-electron chi connectivity index (χ1n) is 6.09. The molecule has 0 aliphatic carbocycles. The number of nitrogens with zero attached hydrogens (tertiary/aromatic N) is 5. The third-order valence-corrected chi connectivity index (χ3v) is 5.05. The number of hydrogen-bond acceptors (Lipinski definition) is 7. The van der Waals surface area contributed by atoms with Crippen LogP contribution in [0.2, 0.25) is 0 Å². The lowest BCUT2D eigenvalue weighted by Crippen LogP contribution is -2.29. The highest BCUT2D eigenvalue weighted by Crippen LogP contribution is 2.24. The topological polar surface area (TPSA) is 106 Å². The predicted molar refractivity (Wildman–Crippen MR) is 77.8 cm³/mol. The van der Waals surface area contributed by atoms with Crippen LogP contribution in [0, 0.1) is 0 Å². The van der Waals surface area contributed by atoms with E-state index in [2.05, 4.69) is 25.3 Å². The molecule has 0 aromatic carbocycles. The van der Waals surface area contributed by atoms with E-state index in [0.717, 1.165) is 0 Å². The molecule has 0 radical (unpaired) electrons. The molecule has 0 atom stereocenters. The first-order valence-corrected chi connectivity index (χ1v) is 8.45. The van der Waals surface area contributed by atoms with Gasteiger partial charge in [-0.15, -0.1) is 16.4 Å². The summed E-state index contributed by atoms with van der Waals surface area (Å²) < 4.78 is 30.6. The normalized spacial score (nSPS) is 12.0. The summed E-state index contributed by atoms with van der Waals surface area (Å²) in [5.41, 5.74) is 0. The van der Waals surface area contributed by atoms with Crippen molar-refractivity contribution in [3.05, 3.63) is 24.0 Å². The van der Waals surface area contributed by atoms with Gasteiger partial charge in [-0.25, -0.2) is 18.1 Å². The molecular formula is C10H13N7O2S2. The van der Waals surface area contributed by atoms with E-state index in [1.807, 2.05) is 0 Å². The van der Waals surface area contributed by atoms with Crippen molar-refractivity contribution in [2.24, 2.45) is 0 Å². The average Bonchev–Trinajstić information content (AvgIpc) is 3.13. The minimum Gasteiger partial charge on any atom is -0.371 e. The SMILES string of the molecule is CNc1nc2sccn2c1S(=O)(=O)NCCn1ccnn1. The fourth-order valence-electron chi connectivity index (χ4n) is 1.90. The number of rotatable bonds is 6. The van der Waals surface area contributed by atoms with E-state index < -0.39 is 10.0 Å². The van der Waals surface area contributed by atoms with Crippen LogP contribution in [0.15, 0.2) is 29.0 Å². The summed E-state index contributed by atoms with van der Waals surface area (Å²) in [6.07, 6.45) is 4.89. The highest BCUT2D eigenvalue weighted by atomic mass is 32.2. The molecule has 0 fully saturated rings. The van der Waals surface area contributed by atoms with E-state index in [1.54, 1.807) is 40.1 Å². The Balaban J connectivity index is 1.84. The molecule has 0 amide bonds. The zero-order chi connectivity index (χ0) is 14.9. The maximum atomic E-state index is 12.5. The zero-order valence-corrected chi connectivity index (χ0v) is 12.7. The standard InChI is InChI=1S/C10H13N7O2S2/c1-11-8-9(17-6-7-20-10(17)14-8)21(18,19)13-3-5-16-4-2-12-15-16/h2,4,6-7,11,13H,3,5H2,1H3. The van der Waals surface area contributed by atoms with Gasteiger partial charge in [-0.05, 0) is 0 Å². The van der Waals surface area contributed by atoms with Crippen LogP contribution in [0.25, 0.3) is 4.96 Å². The van der Waals surface area contributed by atoms with Crippen LogP contribution in [-0.2, 0) is 16.6 Å². The van der Waals surface area contributed by atoms with E-state index in [0.29, 0.717) is 17.3 Å². The Bertz CT molecular complexity index is 834. The van der Waals surface area contributed by atoms with Crippen LogP contribution in [0.5, 0.6) is 0 Å². The highest BCUT2D eigenvalue weighted by Gasteiger charge is 2.25. The van der Waals surface area contributed by atoms with Crippen molar-refractivity contribution in [3.8, 4) is 0 Å². The van der Waals surface area contributed by atoms with Crippen molar-refractivity contribution in [3.63, 3.8) is 0 Å². The highest BCUT2D eigenvalue weighted by molar-refractivity contribution is 7.89. The van der Waals surface area contributed by atoms with Crippen LogP contribution in [0.4, 0.5) is 5.82 Å². The molecule has 0 saturated heterocycles. The molecule has 3 aromatic heterocycles. The summed E-state index contributed by atoms with van der Waals surface area (Å²) in [6, 6.07) is 0.